The summed E-state index contributed by atoms with van der Waals surface area (Å²) in [4.78, 5) is 13.5. The van der Waals surface area contributed by atoms with Gasteiger partial charge in [0.05, 0.1) is 0 Å². The van der Waals surface area contributed by atoms with Crippen molar-refractivity contribution in [2.45, 2.75) is 26.2 Å². The van der Waals surface area contributed by atoms with E-state index in [0.717, 1.165) is 36.0 Å². The van der Waals surface area contributed by atoms with Crippen molar-refractivity contribution in [1.82, 2.24) is 4.90 Å². The molecule has 0 aliphatic heterocycles. The van der Waals surface area contributed by atoms with Crippen LogP contribution in [-0.2, 0) is 11.2 Å². The monoisotopic (exact) mass is 247 g/mol. The lowest BCUT2D eigenvalue weighted by Gasteiger charge is -2.20. The van der Waals surface area contributed by atoms with Crippen LogP contribution in [0.15, 0.2) is 24.3 Å². The summed E-state index contributed by atoms with van der Waals surface area (Å²) in [6, 6.07) is 4.85. The Hall–Kier alpha value is -1.64. The minimum absolute atomic E-state index is 0.00962. The molecule has 18 heavy (non-hydrogen) atoms. The van der Waals surface area contributed by atoms with Gasteiger partial charge in [-0.3, -0.25) is 4.79 Å². The first-order valence-electron chi connectivity index (χ1n) is 6.36. The maximum absolute atomic E-state index is 13.3. The molecule has 0 radical (unpaired) electrons. The number of halogens is 1. The maximum Gasteiger partial charge on any atom is 0.246 e. The molecule has 0 atom stereocenters. The van der Waals surface area contributed by atoms with Crippen LogP contribution in [0, 0.1) is 5.82 Å². The van der Waals surface area contributed by atoms with Crippen LogP contribution in [0.2, 0.25) is 0 Å². The van der Waals surface area contributed by atoms with Crippen molar-refractivity contribution in [3.05, 3.63) is 41.2 Å². The van der Waals surface area contributed by atoms with Gasteiger partial charge in [-0.2, -0.15) is 0 Å². The van der Waals surface area contributed by atoms with Gasteiger partial charge in [-0.05, 0) is 55.0 Å². The number of nitrogens with zero attached hydrogens (tertiary/aromatic N) is 1. The number of carbonyl (C=O) groups is 1. The summed E-state index contributed by atoms with van der Waals surface area (Å²) < 4.78 is 13.3. The Morgan fingerprint density at radius 1 is 1.44 bits per heavy atom. The number of hydrogen-bond donors (Lipinski definition) is 0. The van der Waals surface area contributed by atoms with Crippen LogP contribution >= 0.6 is 0 Å². The Morgan fingerprint density at radius 3 is 2.94 bits per heavy atom. The summed E-state index contributed by atoms with van der Waals surface area (Å²) in [7, 11) is 1.77. The van der Waals surface area contributed by atoms with E-state index < -0.39 is 0 Å². The Labute approximate surface area is 107 Å². The van der Waals surface area contributed by atoms with E-state index >= 15 is 0 Å². The highest BCUT2D eigenvalue weighted by atomic mass is 19.1. The quantitative estimate of drug-likeness (QED) is 0.736. The third-order valence-corrected chi connectivity index (χ3v) is 3.46. The summed E-state index contributed by atoms with van der Waals surface area (Å²) in [5.74, 6) is -0.248. The number of amides is 1. The third-order valence-electron chi connectivity index (χ3n) is 3.46. The Morgan fingerprint density at radius 2 is 2.22 bits per heavy atom. The largest absolute Gasteiger partial charge is 0.342 e. The van der Waals surface area contributed by atoms with Gasteiger partial charge in [0.2, 0.25) is 5.91 Å². The summed E-state index contributed by atoms with van der Waals surface area (Å²) in [6.45, 7) is 2.61. The normalized spacial score (nSPS) is 16.5. The summed E-state index contributed by atoms with van der Waals surface area (Å²) >= 11 is 0. The van der Waals surface area contributed by atoms with Gasteiger partial charge in [-0.15, -0.1) is 0 Å². The summed E-state index contributed by atoms with van der Waals surface area (Å²) in [5.41, 5.74) is 3.00. The second-order valence-electron chi connectivity index (χ2n) is 4.68. The molecule has 96 valence electrons. The molecule has 0 fully saturated rings. The second-order valence-corrected chi connectivity index (χ2v) is 4.68. The van der Waals surface area contributed by atoms with Crippen LogP contribution in [0.25, 0.3) is 5.57 Å². The van der Waals surface area contributed by atoms with Crippen LogP contribution in [0.1, 0.15) is 30.9 Å². The predicted molar refractivity (Wildman–Crippen MR) is 70.6 cm³/mol. The lowest BCUT2D eigenvalue weighted by Crippen LogP contribution is -2.24. The fourth-order valence-corrected chi connectivity index (χ4v) is 2.23. The molecule has 2 rings (SSSR count). The average molecular weight is 247 g/mol. The van der Waals surface area contributed by atoms with E-state index in [1.54, 1.807) is 24.1 Å². The molecule has 1 aliphatic rings. The molecule has 1 aromatic rings. The molecule has 0 saturated carbocycles. The molecule has 2 nitrogen and oxygen atoms in total. The number of rotatable bonds is 2. The van der Waals surface area contributed by atoms with Crippen LogP contribution in [-0.4, -0.2) is 24.4 Å². The van der Waals surface area contributed by atoms with Gasteiger partial charge in [0.1, 0.15) is 5.82 Å². The zero-order chi connectivity index (χ0) is 13.1. The topological polar surface area (TPSA) is 20.3 Å². The molecular weight excluding hydrogens is 229 g/mol. The molecular formula is C15H18FNO. The summed E-state index contributed by atoms with van der Waals surface area (Å²) in [5, 5.41) is 0. The predicted octanol–water partition coefficient (Wildman–Crippen LogP) is 3.02. The van der Waals surface area contributed by atoms with Crippen LogP contribution < -0.4 is 0 Å². The van der Waals surface area contributed by atoms with Gasteiger partial charge in [-0.25, -0.2) is 4.39 Å². The van der Waals surface area contributed by atoms with Gasteiger partial charge in [0.15, 0.2) is 0 Å². The van der Waals surface area contributed by atoms with Gasteiger partial charge in [0, 0.05) is 19.7 Å². The Bertz CT molecular complexity index is 493. The first-order chi connectivity index (χ1) is 8.61. The third kappa shape index (κ3) is 2.61. The number of likely N-dealkylation sites (N-methyl/N-ethyl adjacent to an activating group) is 1. The lowest BCUT2D eigenvalue weighted by atomic mass is 9.87. The van der Waals surface area contributed by atoms with Crippen LogP contribution in [0.5, 0.6) is 0 Å². The molecule has 0 heterocycles. The molecule has 3 heteroatoms. The number of fused-ring (bicyclic) bond motifs is 1. The zero-order valence-electron chi connectivity index (χ0n) is 10.9. The van der Waals surface area contributed by atoms with E-state index in [-0.39, 0.29) is 11.7 Å². The highest BCUT2D eigenvalue weighted by Crippen LogP contribution is 2.31. The number of aryl methyl sites for hydroxylation is 1. The van der Waals surface area contributed by atoms with Crippen molar-refractivity contribution in [3.63, 3.8) is 0 Å². The van der Waals surface area contributed by atoms with E-state index in [9.17, 15) is 9.18 Å². The number of allylic oxidation sites excluding steroid dienone is 1. The molecule has 0 unspecified atom stereocenters. The molecule has 0 N–H and O–H groups in total. The SMILES string of the molecule is CCN(C)C(=O)/C=C1\CCCc2ccc(F)cc21. The van der Waals surface area contributed by atoms with Crippen LogP contribution in [0.3, 0.4) is 0 Å². The van der Waals surface area contributed by atoms with Crippen LogP contribution in [0.4, 0.5) is 4.39 Å². The number of carbonyl (C=O) groups excluding carboxylic acids is 1. The average Bonchev–Trinajstić information content (AvgIpc) is 2.38. The van der Waals surface area contributed by atoms with Crippen molar-refractivity contribution >= 4 is 11.5 Å². The molecule has 0 aromatic heterocycles. The Balaban J connectivity index is 2.35. The van der Waals surface area contributed by atoms with E-state index in [2.05, 4.69) is 0 Å². The van der Waals surface area contributed by atoms with Crippen molar-refractivity contribution in [3.8, 4) is 0 Å². The van der Waals surface area contributed by atoms with Crippen molar-refractivity contribution < 1.29 is 9.18 Å². The molecule has 1 aromatic carbocycles. The fourth-order valence-electron chi connectivity index (χ4n) is 2.23. The summed E-state index contributed by atoms with van der Waals surface area (Å²) in [6.07, 6.45) is 4.49. The highest BCUT2D eigenvalue weighted by Gasteiger charge is 2.16. The minimum Gasteiger partial charge on any atom is -0.342 e. The smallest absolute Gasteiger partial charge is 0.246 e. The van der Waals surface area contributed by atoms with Gasteiger partial charge in [0.25, 0.3) is 0 Å². The van der Waals surface area contributed by atoms with Gasteiger partial charge < -0.3 is 4.90 Å². The molecule has 1 amide bonds. The first-order valence-corrected chi connectivity index (χ1v) is 6.36. The molecule has 0 saturated heterocycles. The van der Waals surface area contributed by atoms with E-state index in [1.165, 1.54) is 6.07 Å². The Kier molecular flexibility index (Phi) is 3.80. The minimum atomic E-state index is -0.238. The lowest BCUT2D eigenvalue weighted by molar-refractivity contribution is -0.124. The number of benzene rings is 1. The zero-order valence-corrected chi connectivity index (χ0v) is 10.9. The van der Waals surface area contributed by atoms with Crippen molar-refractivity contribution in [2.75, 3.05) is 13.6 Å². The first kappa shape index (κ1) is 12.8. The van der Waals surface area contributed by atoms with Crippen molar-refractivity contribution in [2.24, 2.45) is 0 Å². The van der Waals surface area contributed by atoms with E-state index in [4.69, 9.17) is 0 Å². The standard InChI is InChI=1S/C15H18FNO/c1-3-17(2)15(18)9-12-6-4-5-11-7-8-13(16)10-14(11)12/h7-10H,3-6H2,1-2H3/b12-9+. The highest BCUT2D eigenvalue weighted by molar-refractivity contribution is 5.95. The molecule has 1 aliphatic carbocycles. The van der Waals surface area contributed by atoms with Gasteiger partial charge >= 0.3 is 0 Å². The number of hydrogen-bond acceptors (Lipinski definition) is 1. The fraction of sp³-hybridized carbons (Fsp3) is 0.400. The van der Waals surface area contributed by atoms with Gasteiger partial charge in [-0.1, -0.05) is 6.07 Å². The van der Waals surface area contributed by atoms with E-state index in [0.29, 0.717) is 6.54 Å². The molecule has 0 bridgehead atoms. The maximum atomic E-state index is 13.3. The molecule has 0 spiro atoms. The van der Waals surface area contributed by atoms with Crippen molar-refractivity contribution in [1.29, 1.82) is 0 Å². The van der Waals surface area contributed by atoms with E-state index in [1.807, 2.05) is 13.0 Å². The second kappa shape index (κ2) is 5.34.